The van der Waals surface area contributed by atoms with E-state index in [1.807, 2.05) is 0 Å². The molecule has 0 bridgehead atoms. The molecule has 0 unspecified atom stereocenters. The predicted molar refractivity (Wildman–Crippen MR) is 111 cm³/mol. The largest absolute Gasteiger partial charge is 0.573 e. The minimum atomic E-state index is -5.20. The standard InChI is InChI=1S/C22H21F6NO2S/c1-29(2)21(32)30-20-15(8-7-13(17(20)23)11-12-5-3-4-6-12)14-9-10-16(19(25)18(14)24)31-22(26,27)28/h7-10,12H,3-6,11H2,1-2H3. The van der Waals surface area contributed by atoms with Crippen LogP contribution in [0.25, 0.3) is 11.1 Å². The fourth-order valence-electron chi connectivity index (χ4n) is 3.71. The number of hydrogen-bond acceptors (Lipinski definition) is 3. The highest BCUT2D eigenvalue weighted by Gasteiger charge is 2.34. The van der Waals surface area contributed by atoms with E-state index in [4.69, 9.17) is 17.0 Å². The Morgan fingerprint density at radius 2 is 1.59 bits per heavy atom. The summed E-state index contributed by atoms with van der Waals surface area (Å²) in [5, 5.41) is -0.124. The topological polar surface area (TPSA) is 21.7 Å². The molecule has 0 radical (unpaired) electrons. The number of hydrogen-bond donors (Lipinski definition) is 0. The van der Waals surface area contributed by atoms with Crippen LogP contribution in [0, 0.1) is 23.4 Å². The molecule has 2 aromatic rings. The maximum atomic E-state index is 15.4. The number of benzene rings is 2. The van der Waals surface area contributed by atoms with Crippen LogP contribution in [0.15, 0.2) is 24.3 Å². The van der Waals surface area contributed by atoms with Gasteiger partial charge in [0.15, 0.2) is 23.1 Å². The van der Waals surface area contributed by atoms with E-state index in [1.54, 1.807) is 14.1 Å². The van der Waals surface area contributed by atoms with Gasteiger partial charge in [0.25, 0.3) is 5.17 Å². The lowest BCUT2D eigenvalue weighted by Crippen LogP contribution is -2.26. The fraction of sp³-hybridized carbons (Fsp3) is 0.409. The Morgan fingerprint density at radius 1 is 0.969 bits per heavy atom. The van der Waals surface area contributed by atoms with Crippen LogP contribution in [-0.2, 0) is 6.42 Å². The van der Waals surface area contributed by atoms with Crippen molar-refractivity contribution < 1.29 is 35.8 Å². The summed E-state index contributed by atoms with van der Waals surface area (Å²) in [7, 11) is 3.12. The summed E-state index contributed by atoms with van der Waals surface area (Å²) >= 11 is 5.08. The first-order valence-corrected chi connectivity index (χ1v) is 10.3. The average Bonchev–Trinajstić information content (AvgIpc) is 3.21. The Hall–Kier alpha value is -2.49. The van der Waals surface area contributed by atoms with Crippen LogP contribution in [0.1, 0.15) is 31.2 Å². The van der Waals surface area contributed by atoms with E-state index < -0.39 is 40.9 Å². The van der Waals surface area contributed by atoms with Crippen LogP contribution in [0.5, 0.6) is 11.5 Å². The molecule has 0 aromatic heterocycles. The van der Waals surface area contributed by atoms with Gasteiger partial charge in [-0.1, -0.05) is 37.8 Å². The molecular formula is C22H21F6NO2S. The zero-order valence-electron chi connectivity index (χ0n) is 17.4. The molecule has 1 saturated carbocycles. The summed E-state index contributed by atoms with van der Waals surface area (Å²) in [6, 6.07) is 4.30. The van der Waals surface area contributed by atoms with Gasteiger partial charge < -0.3 is 14.4 Å². The molecule has 3 nitrogen and oxygen atoms in total. The van der Waals surface area contributed by atoms with Gasteiger partial charge in [-0.05, 0) is 42.3 Å². The molecule has 0 N–H and O–H groups in total. The van der Waals surface area contributed by atoms with Gasteiger partial charge in [-0.15, -0.1) is 13.2 Å². The van der Waals surface area contributed by atoms with Crippen molar-refractivity contribution in [3.8, 4) is 22.6 Å². The maximum Gasteiger partial charge on any atom is 0.573 e. The third kappa shape index (κ3) is 5.46. The zero-order chi connectivity index (χ0) is 23.6. The molecule has 0 amide bonds. The monoisotopic (exact) mass is 477 g/mol. The number of ether oxygens (including phenoxy) is 2. The number of halogens is 6. The van der Waals surface area contributed by atoms with Gasteiger partial charge in [-0.25, -0.2) is 8.78 Å². The van der Waals surface area contributed by atoms with E-state index in [0.717, 1.165) is 31.7 Å². The van der Waals surface area contributed by atoms with Crippen LogP contribution >= 0.6 is 12.2 Å². The molecule has 0 heterocycles. The molecule has 3 rings (SSSR count). The van der Waals surface area contributed by atoms with Gasteiger partial charge >= 0.3 is 6.36 Å². The molecule has 0 spiro atoms. The Labute approximate surface area is 186 Å². The second-order valence-electron chi connectivity index (χ2n) is 7.82. The van der Waals surface area contributed by atoms with Crippen LogP contribution in [0.3, 0.4) is 0 Å². The van der Waals surface area contributed by atoms with Crippen molar-refractivity contribution >= 4 is 17.4 Å². The first-order valence-electron chi connectivity index (χ1n) is 9.92. The number of alkyl halides is 3. The summed E-state index contributed by atoms with van der Waals surface area (Å²) in [6.07, 6.45) is -0.687. The highest BCUT2D eigenvalue weighted by atomic mass is 32.1. The predicted octanol–water partition coefficient (Wildman–Crippen LogP) is 6.63. The SMILES string of the molecule is CN(C)C(=S)Oc1c(-c2ccc(OC(F)(F)F)c(F)c2F)ccc(CC2CCCC2)c1F. The van der Waals surface area contributed by atoms with E-state index in [9.17, 15) is 22.0 Å². The lowest BCUT2D eigenvalue weighted by molar-refractivity contribution is -0.275. The minimum Gasteiger partial charge on any atom is -0.428 e. The molecule has 1 aliphatic carbocycles. The Kier molecular flexibility index (Phi) is 7.22. The van der Waals surface area contributed by atoms with Gasteiger partial charge in [0, 0.05) is 25.2 Å². The second kappa shape index (κ2) is 9.56. The van der Waals surface area contributed by atoms with Crippen molar-refractivity contribution in [1.29, 1.82) is 0 Å². The van der Waals surface area contributed by atoms with Crippen LogP contribution in [-0.4, -0.2) is 30.5 Å². The molecule has 10 heteroatoms. The third-order valence-electron chi connectivity index (χ3n) is 5.28. The summed E-state index contributed by atoms with van der Waals surface area (Å²) in [4.78, 5) is 1.39. The quantitative estimate of drug-likeness (QED) is 0.356. The maximum absolute atomic E-state index is 15.4. The third-order valence-corrected chi connectivity index (χ3v) is 5.73. The van der Waals surface area contributed by atoms with E-state index in [0.29, 0.717) is 24.0 Å². The normalized spacial score (nSPS) is 14.5. The van der Waals surface area contributed by atoms with E-state index in [1.165, 1.54) is 17.0 Å². The van der Waals surface area contributed by atoms with Crippen molar-refractivity contribution in [3.05, 3.63) is 47.3 Å². The van der Waals surface area contributed by atoms with Crippen molar-refractivity contribution in [2.75, 3.05) is 14.1 Å². The van der Waals surface area contributed by atoms with Crippen LogP contribution in [0.4, 0.5) is 26.3 Å². The molecule has 1 fully saturated rings. The smallest absolute Gasteiger partial charge is 0.428 e. The molecule has 32 heavy (non-hydrogen) atoms. The first-order chi connectivity index (χ1) is 15.0. The molecule has 0 atom stereocenters. The van der Waals surface area contributed by atoms with E-state index in [2.05, 4.69) is 4.74 Å². The Balaban J connectivity index is 2.07. The van der Waals surface area contributed by atoms with E-state index >= 15 is 4.39 Å². The Bertz CT molecular complexity index is 1000. The number of thiocarbonyl (C=S) groups is 1. The van der Waals surface area contributed by atoms with Gasteiger partial charge in [-0.2, -0.15) is 4.39 Å². The molecule has 2 aromatic carbocycles. The van der Waals surface area contributed by atoms with Gasteiger partial charge in [0.05, 0.1) is 0 Å². The van der Waals surface area contributed by atoms with Crippen molar-refractivity contribution in [2.45, 2.75) is 38.5 Å². The molecule has 0 saturated heterocycles. The molecule has 0 aliphatic heterocycles. The minimum absolute atomic E-state index is 0.124. The second-order valence-corrected chi connectivity index (χ2v) is 8.17. The van der Waals surface area contributed by atoms with Gasteiger partial charge in [-0.3, -0.25) is 0 Å². The van der Waals surface area contributed by atoms with E-state index in [-0.39, 0.29) is 10.7 Å². The number of rotatable bonds is 5. The summed E-state index contributed by atoms with van der Waals surface area (Å²) in [5.41, 5.74) is -0.327. The van der Waals surface area contributed by atoms with Crippen molar-refractivity contribution in [3.63, 3.8) is 0 Å². The molecular weight excluding hydrogens is 456 g/mol. The van der Waals surface area contributed by atoms with Crippen LogP contribution < -0.4 is 9.47 Å². The van der Waals surface area contributed by atoms with Crippen molar-refractivity contribution in [1.82, 2.24) is 4.90 Å². The van der Waals surface area contributed by atoms with Gasteiger partial charge in [0.1, 0.15) is 0 Å². The molecule has 174 valence electrons. The highest BCUT2D eigenvalue weighted by Crippen LogP contribution is 2.40. The summed E-state index contributed by atoms with van der Waals surface area (Å²) < 4.78 is 90.7. The fourth-order valence-corrected chi connectivity index (χ4v) is 3.80. The average molecular weight is 477 g/mol. The lowest BCUT2D eigenvalue weighted by Gasteiger charge is -2.20. The zero-order valence-corrected chi connectivity index (χ0v) is 18.2. The van der Waals surface area contributed by atoms with Gasteiger partial charge in [0.2, 0.25) is 5.82 Å². The lowest BCUT2D eigenvalue weighted by atomic mass is 9.94. The number of nitrogens with zero attached hydrogens (tertiary/aromatic N) is 1. The molecule has 1 aliphatic rings. The first kappa shape index (κ1) is 24.2. The summed E-state index contributed by atoms with van der Waals surface area (Å²) in [6.45, 7) is 0. The Morgan fingerprint density at radius 3 is 2.19 bits per heavy atom. The van der Waals surface area contributed by atoms with Crippen LogP contribution in [0.2, 0.25) is 0 Å². The highest BCUT2D eigenvalue weighted by molar-refractivity contribution is 7.80. The van der Waals surface area contributed by atoms with Crippen molar-refractivity contribution in [2.24, 2.45) is 5.92 Å². The summed E-state index contributed by atoms with van der Waals surface area (Å²) in [5.74, 6) is -5.69.